The van der Waals surface area contributed by atoms with Crippen molar-refractivity contribution in [2.75, 3.05) is 0 Å². The van der Waals surface area contributed by atoms with Gasteiger partial charge in [-0.1, -0.05) is 19.1 Å². The molecule has 6 heteroatoms. The summed E-state index contributed by atoms with van der Waals surface area (Å²) in [6, 6.07) is -0.129. The first kappa shape index (κ1) is 11.7. The quantitative estimate of drug-likeness (QED) is 0.711. The minimum Gasteiger partial charge on any atom is -0.296 e. The first-order valence-corrected chi connectivity index (χ1v) is 4.84. The fraction of sp³-hybridized carbons (Fsp3) is 0.667. The first-order valence-electron chi connectivity index (χ1n) is 4.84. The zero-order valence-electron chi connectivity index (χ0n) is 8.65. The van der Waals surface area contributed by atoms with E-state index in [2.05, 4.69) is 10.3 Å². The number of hydrogen-bond acceptors (Lipinski definition) is 3. The van der Waals surface area contributed by atoms with Gasteiger partial charge in [0.2, 0.25) is 0 Å². The van der Waals surface area contributed by atoms with Gasteiger partial charge in [-0.05, 0) is 12.8 Å². The number of halogens is 2. The van der Waals surface area contributed by atoms with Crippen LogP contribution in [0.1, 0.15) is 55.3 Å². The third kappa shape index (κ3) is 2.19. The van der Waals surface area contributed by atoms with Crippen LogP contribution in [0.4, 0.5) is 8.78 Å². The molecule has 1 aromatic heterocycles. The second-order valence-corrected chi connectivity index (χ2v) is 3.19. The lowest BCUT2D eigenvalue weighted by Crippen LogP contribution is -2.13. The lowest BCUT2D eigenvalue weighted by molar-refractivity contribution is 0.109. The maximum Gasteiger partial charge on any atom is 0.282 e. The Balaban J connectivity index is 3.17. The number of nitrogens with zero attached hydrogens (tertiary/aromatic N) is 3. The predicted molar refractivity (Wildman–Crippen MR) is 50.0 cm³/mol. The second kappa shape index (κ2) is 4.95. The van der Waals surface area contributed by atoms with Crippen molar-refractivity contribution in [3.05, 3.63) is 11.4 Å². The smallest absolute Gasteiger partial charge is 0.282 e. The van der Waals surface area contributed by atoms with Crippen LogP contribution < -0.4 is 0 Å². The molecule has 0 amide bonds. The maximum absolute atomic E-state index is 12.7. The SMILES string of the molecule is CCC(CC)n1nnc(C=O)c1C(F)F. The average molecular weight is 217 g/mol. The van der Waals surface area contributed by atoms with Gasteiger partial charge >= 0.3 is 0 Å². The molecule has 4 nitrogen and oxygen atoms in total. The number of carbonyl (C=O) groups is 1. The topological polar surface area (TPSA) is 47.8 Å². The fourth-order valence-corrected chi connectivity index (χ4v) is 1.51. The third-order valence-electron chi connectivity index (χ3n) is 2.36. The molecule has 0 aromatic carbocycles. The Labute approximate surface area is 86.3 Å². The van der Waals surface area contributed by atoms with E-state index in [-0.39, 0.29) is 17.4 Å². The van der Waals surface area contributed by atoms with Crippen molar-refractivity contribution in [3.63, 3.8) is 0 Å². The molecule has 0 bridgehead atoms. The van der Waals surface area contributed by atoms with Crippen molar-refractivity contribution in [3.8, 4) is 0 Å². The monoisotopic (exact) mass is 217 g/mol. The zero-order chi connectivity index (χ0) is 11.4. The standard InChI is InChI=1S/C9H13F2N3O/c1-3-6(4-2)14-8(9(10)11)7(5-15)12-13-14/h5-6,9H,3-4H2,1-2H3. The second-order valence-electron chi connectivity index (χ2n) is 3.19. The van der Waals surface area contributed by atoms with Gasteiger partial charge in [0.25, 0.3) is 6.43 Å². The molecule has 0 radical (unpaired) electrons. The molecule has 0 aliphatic heterocycles. The Morgan fingerprint density at radius 3 is 2.40 bits per heavy atom. The van der Waals surface area contributed by atoms with E-state index in [1.807, 2.05) is 13.8 Å². The van der Waals surface area contributed by atoms with E-state index in [1.165, 1.54) is 0 Å². The van der Waals surface area contributed by atoms with Crippen LogP contribution in [0.25, 0.3) is 0 Å². The first-order chi connectivity index (χ1) is 7.15. The molecule has 15 heavy (non-hydrogen) atoms. The van der Waals surface area contributed by atoms with Crippen LogP contribution >= 0.6 is 0 Å². The summed E-state index contributed by atoms with van der Waals surface area (Å²) in [5, 5.41) is 7.04. The number of carbonyl (C=O) groups excluding carboxylic acids is 1. The normalized spacial score (nSPS) is 11.3. The van der Waals surface area contributed by atoms with Crippen LogP contribution in [0, 0.1) is 0 Å². The molecule has 84 valence electrons. The molecule has 1 aromatic rings. The molecule has 0 N–H and O–H groups in total. The van der Waals surface area contributed by atoms with Crippen LogP contribution in [0.5, 0.6) is 0 Å². The Morgan fingerprint density at radius 2 is 2.00 bits per heavy atom. The largest absolute Gasteiger partial charge is 0.296 e. The molecule has 0 saturated heterocycles. The minimum atomic E-state index is -2.72. The summed E-state index contributed by atoms with van der Waals surface area (Å²) in [6.45, 7) is 3.76. The van der Waals surface area contributed by atoms with E-state index >= 15 is 0 Å². The number of alkyl halides is 2. The van der Waals surface area contributed by atoms with E-state index in [0.29, 0.717) is 19.1 Å². The lowest BCUT2D eigenvalue weighted by Gasteiger charge is -2.14. The number of aromatic nitrogens is 3. The number of aldehydes is 1. The van der Waals surface area contributed by atoms with E-state index in [4.69, 9.17) is 0 Å². The Bertz CT molecular complexity index is 334. The minimum absolute atomic E-state index is 0.129. The summed E-state index contributed by atoms with van der Waals surface area (Å²) in [7, 11) is 0. The molecule has 0 spiro atoms. The molecular formula is C9H13F2N3O. The van der Waals surface area contributed by atoms with Crippen molar-refractivity contribution in [2.45, 2.75) is 39.2 Å². The summed E-state index contributed by atoms with van der Waals surface area (Å²) in [6.07, 6.45) is -1.05. The summed E-state index contributed by atoms with van der Waals surface area (Å²) >= 11 is 0. The highest BCUT2D eigenvalue weighted by atomic mass is 19.3. The molecular weight excluding hydrogens is 204 g/mol. The number of rotatable bonds is 5. The maximum atomic E-state index is 12.7. The molecule has 0 fully saturated rings. The van der Waals surface area contributed by atoms with E-state index < -0.39 is 6.43 Å². The highest BCUT2D eigenvalue weighted by Gasteiger charge is 2.24. The molecule has 0 saturated carbocycles. The van der Waals surface area contributed by atoms with Crippen molar-refractivity contribution >= 4 is 6.29 Å². The van der Waals surface area contributed by atoms with Gasteiger partial charge in [-0.25, -0.2) is 13.5 Å². The molecule has 1 rings (SSSR count). The zero-order valence-corrected chi connectivity index (χ0v) is 8.65. The lowest BCUT2D eigenvalue weighted by atomic mass is 10.1. The van der Waals surface area contributed by atoms with Gasteiger partial charge in [-0.3, -0.25) is 4.79 Å². The highest BCUT2D eigenvalue weighted by molar-refractivity contribution is 5.73. The highest BCUT2D eigenvalue weighted by Crippen LogP contribution is 2.25. The van der Waals surface area contributed by atoms with Crippen molar-refractivity contribution in [1.29, 1.82) is 0 Å². The summed E-state index contributed by atoms with van der Waals surface area (Å²) < 4.78 is 26.5. The van der Waals surface area contributed by atoms with Gasteiger partial charge in [-0.15, -0.1) is 5.10 Å². The van der Waals surface area contributed by atoms with E-state index in [1.54, 1.807) is 0 Å². The van der Waals surface area contributed by atoms with Gasteiger partial charge in [0.15, 0.2) is 12.0 Å². The molecule has 0 unspecified atom stereocenters. The summed E-state index contributed by atoms with van der Waals surface area (Å²) in [5.41, 5.74) is -0.643. The number of hydrogen-bond donors (Lipinski definition) is 0. The Kier molecular flexibility index (Phi) is 3.88. The van der Waals surface area contributed by atoms with Crippen LogP contribution in [0.2, 0.25) is 0 Å². The van der Waals surface area contributed by atoms with Gasteiger partial charge < -0.3 is 0 Å². The average Bonchev–Trinajstić information content (AvgIpc) is 2.63. The van der Waals surface area contributed by atoms with E-state index in [9.17, 15) is 13.6 Å². The van der Waals surface area contributed by atoms with Gasteiger partial charge in [0.05, 0.1) is 6.04 Å². The molecule has 0 atom stereocenters. The van der Waals surface area contributed by atoms with Crippen LogP contribution in [-0.2, 0) is 0 Å². The third-order valence-corrected chi connectivity index (χ3v) is 2.36. The van der Waals surface area contributed by atoms with E-state index in [0.717, 1.165) is 4.68 Å². The van der Waals surface area contributed by atoms with Crippen molar-refractivity contribution in [1.82, 2.24) is 15.0 Å². The predicted octanol–water partition coefficient (Wildman–Crippen LogP) is 2.39. The molecule has 0 aliphatic carbocycles. The van der Waals surface area contributed by atoms with Crippen LogP contribution in [0.3, 0.4) is 0 Å². The summed E-state index contributed by atoms with van der Waals surface area (Å²) in [4.78, 5) is 10.5. The van der Waals surface area contributed by atoms with Crippen LogP contribution in [-0.4, -0.2) is 21.3 Å². The van der Waals surface area contributed by atoms with Gasteiger partial charge in [0, 0.05) is 0 Å². The Hall–Kier alpha value is -1.33. The van der Waals surface area contributed by atoms with Crippen molar-refractivity contribution < 1.29 is 13.6 Å². The summed E-state index contributed by atoms with van der Waals surface area (Å²) in [5.74, 6) is 0. The Morgan fingerprint density at radius 1 is 1.40 bits per heavy atom. The fourth-order valence-electron chi connectivity index (χ4n) is 1.51. The van der Waals surface area contributed by atoms with Crippen molar-refractivity contribution in [2.24, 2.45) is 0 Å². The van der Waals surface area contributed by atoms with Crippen LogP contribution in [0.15, 0.2) is 0 Å². The van der Waals surface area contributed by atoms with Gasteiger partial charge in [-0.2, -0.15) is 0 Å². The molecule has 1 heterocycles. The van der Waals surface area contributed by atoms with Gasteiger partial charge in [0.1, 0.15) is 5.69 Å². The molecule has 0 aliphatic rings.